The van der Waals surface area contributed by atoms with E-state index in [1.807, 2.05) is 44.2 Å². The number of anilines is 1. The van der Waals surface area contributed by atoms with Crippen LogP contribution in [0.1, 0.15) is 35.0 Å². The fourth-order valence-electron chi connectivity index (χ4n) is 2.99. The fraction of sp³-hybridized carbons (Fsp3) is 0.167. The Morgan fingerprint density at radius 3 is 2.62 bits per heavy atom. The first-order chi connectivity index (χ1) is 9.99. The summed E-state index contributed by atoms with van der Waals surface area (Å²) in [5, 5.41) is 2.89. The van der Waals surface area contributed by atoms with E-state index in [1.165, 1.54) is 0 Å². The number of aromatic nitrogens is 1. The maximum Gasteiger partial charge on any atom is 0.256 e. The van der Waals surface area contributed by atoms with Gasteiger partial charge in [-0.2, -0.15) is 0 Å². The largest absolute Gasteiger partial charge is 0.358 e. The van der Waals surface area contributed by atoms with Crippen LogP contribution < -0.4 is 5.32 Å². The Morgan fingerprint density at radius 2 is 1.95 bits per heavy atom. The van der Waals surface area contributed by atoms with Gasteiger partial charge in [-0.05, 0) is 44.1 Å². The second kappa shape index (κ2) is 4.77. The van der Waals surface area contributed by atoms with Crippen LogP contribution in [0.25, 0.3) is 17.2 Å². The number of carbonyl (C=O) groups excluding carboxylic acids is 1. The number of H-pyrrole nitrogens is 1. The number of aryl methyl sites for hydroxylation is 1. The zero-order chi connectivity index (χ0) is 15.1. The summed E-state index contributed by atoms with van der Waals surface area (Å²) in [5.41, 5.74) is 7.87. The van der Waals surface area contributed by atoms with Crippen LogP contribution in [0.2, 0.25) is 0 Å². The molecule has 1 amide bonds. The zero-order valence-corrected chi connectivity index (χ0v) is 12.5. The predicted octanol–water partition coefficient (Wildman–Crippen LogP) is 4.16. The van der Waals surface area contributed by atoms with Crippen molar-refractivity contribution in [2.45, 2.75) is 20.8 Å². The number of para-hydroxylation sites is 1. The van der Waals surface area contributed by atoms with Crippen LogP contribution in [0.3, 0.4) is 0 Å². The summed E-state index contributed by atoms with van der Waals surface area (Å²) in [6.45, 7) is 10.1. The average molecular weight is 278 g/mol. The average Bonchev–Trinajstić information content (AvgIpc) is 2.88. The van der Waals surface area contributed by atoms with Crippen LogP contribution in [-0.4, -0.2) is 10.9 Å². The van der Waals surface area contributed by atoms with Crippen molar-refractivity contribution < 1.29 is 4.79 Å². The minimum Gasteiger partial charge on any atom is -0.358 e. The van der Waals surface area contributed by atoms with E-state index in [1.54, 1.807) is 0 Å². The second-order valence-electron chi connectivity index (χ2n) is 5.50. The molecule has 0 saturated heterocycles. The SMILES string of the molecule is C=C(C)c1c(C)[nH]c(C=C2C(=O)Nc3ccccc32)c1C. The highest BCUT2D eigenvalue weighted by atomic mass is 16.2. The third-order valence-corrected chi connectivity index (χ3v) is 3.90. The molecular weight excluding hydrogens is 260 g/mol. The van der Waals surface area contributed by atoms with Gasteiger partial charge in [0.2, 0.25) is 0 Å². The molecule has 0 unspecified atom stereocenters. The summed E-state index contributed by atoms with van der Waals surface area (Å²) in [4.78, 5) is 15.5. The monoisotopic (exact) mass is 278 g/mol. The van der Waals surface area contributed by atoms with E-state index in [0.29, 0.717) is 5.57 Å². The van der Waals surface area contributed by atoms with E-state index in [9.17, 15) is 4.79 Å². The molecule has 0 radical (unpaired) electrons. The van der Waals surface area contributed by atoms with Crippen molar-refractivity contribution >= 4 is 28.8 Å². The van der Waals surface area contributed by atoms with E-state index in [4.69, 9.17) is 0 Å². The molecule has 1 aromatic carbocycles. The van der Waals surface area contributed by atoms with E-state index < -0.39 is 0 Å². The molecular formula is C18H18N2O. The number of allylic oxidation sites excluding steroid dienone is 1. The lowest BCUT2D eigenvalue weighted by atomic mass is 10.0. The standard InChI is InChI=1S/C18H18N2O/c1-10(2)17-11(3)16(19-12(17)4)9-14-13-7-5-6-8-15(13)20-18(14)21/h5-9,19H,1H2,2-4H3,(H,20,21). The molecule has 2 heterocycles. The van der Waals surface area contributed by atoms with Crippen molar-refractivity contribution in [3.63, 3.8) is 0 Å². The fourth-order valence-corrected chi connectivity index (χ4v) is 2.99. The van der Waals surface area contributed by atoms with Crippen LogP contribution >= 0.6 is 0 Å². The van der Waals surface area contributed by atoms with Crippen LogP contribution in [0.5, 0.6) is 0 Å². The molecule has 3 rings (SSSR count). The molecule has 21 heavy (non-hydrogen) atoms. The summed E-state index contributed by atoms with van der Waals surface area (Å²) >= 11 is 0. The number of carbonyl (C=O) groups is 1. The maximum atomic E-state index is 12.2. The first kappa shape index (κ1) is 13.4. The second-order valence-corrected chi connectivity index (χ2v) is 5.50. The number of amides is 1. The molecule has 106 valence electrons. The zero-order valence-electron chi connectivity index (χ0n) is 12.5. The number of rotatable bonds is 2. The first-order valence-electron chi connectivity index (χ1n) is 6.96. The molecule has 0 spiro atoms. The van der Waals surface area contributed by atoms with Gasteiger partial charge in [0.15, 0.2) is 0 Å². The molecule has 1 aromatic heterocycles. The van der Waals surface area contributed by atoms with E-state index in [0.717, 1.165) is 39.3 Å². The molecule has 0 saturated carbocycles. The minimum atomic E-state index is -0.0558. The van der Waals surface area contributed by atoms with Crippen molar-refractivity contribution in [3.8, 4) is 0 Å². The van der Waals surface area contributed by atoms with E-state index in [2.05, 4.69) is 23.8 Å². The van der Waals surface area contributed by atoms with Gasteiger partial charge >= 0.3 is 0 Å². The Hall–Kier alpha value is -2.55. The van der Waals surface area contributed by atoms with Crippen LogP contribution in [0.4, 0.5) is 5.69 Å². The molecule has 0 bridgehead atoms. The molecule has 3 heteroatoms. The molecule has 0 atom stereocenters. The van der Waals surface area contributed by atoms with Crippen LogP contribution in [-0.2, 0) is 4.79 Å². The summed E-state index contributed by atoms with van der Waals surface area (Å²) in [7, 11) is 0. The molecule has 1 aliphatic heterocycles. The Balaban J connectivity index is 2.14. The molecule has 0 fully saturated rings. The smallest absolute Gasteiger partial charge is 0.256 e. The van der Waals surface area contributed by atoms with Gasteiger partial charge < -0.3 is 10.3 Å². The summed E-state index contributed by atoms with van der Waals surface area (Å²) in [6.07, 6.45) is 1.93. The van der Waals surface area contributed by atoms with Crippen molar-refractivity contribution in [3.05, 3.63) is 58.9 Å². The third kappa shape index (κ3) is 2.11. The van der Waals surface area contributed by atoms with Gasteiger partial charge in [0, 0.05) is 28.2 Å². The topological polar surface area (TPSA) is 44.9 Å². The molecule has 2 N–H and O–H groups in total. The highest BCUT2D eigenvalue weighted by Crippen LogP contribution is 2.34. The quantitative estimate of drug-likeness (QED) is 0.796. The van der Waals surface area contributed by atoms with Gasteiger partial charge in [-0.1, -0.05) is 24.8 Å². The molecule has 2 aromatic rings. The van der Waals surface area contributed by atoms with Crippen LogP contribution in [0.15, 0.2) is 30.8 Å². The van der Waals surface area contributed by atoms with Crippen molar-refractivity contribution in [2.75, 3.05) is 5.32 Å². The van der Waals surface area contributed by atoms with Crippen molar-refractivity contribution in [1.82, 2.24) is 4.98 Å². The minimum absolute atomic E-state index is 0.0558. The van der Waals surface area contributed by atoms with Gasteiger partial charge in [-0.3, -0.25) is 4.79 Å². The predicted molar refractivity (Wildman–Crippen MR) is 87.9 cm³/mol. The molecule has 1 aliphatic rings. The molecule has 3 nitrogen and oxygen atoms in total. The summed E-state index contributed by atoms with van der Waals surface area (Å²) < 4.78 is 0. The maximum absolute atomic E-state index is 12.2. The lowest BCUT2D eigenvalue weighted by Crippen LogP contribution is -2.03. The third-order valence-electron chi connectivity index (χ3n) is 3.90. The Morgan fingerprint density at radius 1 is 1.24 bits per heavy atom. The number of hydrogen-bond acceptors (Lipinski definition) is 1. The van der Waals surface area contributed by atoms with E-state index in [-0.39, 0.29) is 5.91 Å². The Kier molecular flexibility index (Phi) is 3.05. The summed E-state index contributed by atoms with van der Waals surface area (Å²) in [5.74, 6) is -0.0558. The number of fused-ring (bicyclic) bond motifs is 1. The lowest BCUT2D eigenvalue weighted by molar-refractivity contribution is -0.110. The lowest BCUT2D eigenvalue weighted by Gasteiger charge is -2.00. The summed E-state index contributed by atoms with van der Waals surface area (Å²) in [6, 6.07) is 7.74. The number of hydrogen-bond donors (Lipinski definition) is 2. The normalized spacial score (nSPS) is 15.2. The molecule has 0 aliphatic carbocycles. The van der Waals surface area contributed by atoms with E-state index >= 15 is 0 Å². The number of benzene rings is 1. The van der Waals surface area contributed by atoms with Gasteiger partial charge in [-0.15, -0.1) is 0 Å². The van der Waals surface area contributed by atoms with Gasteiger partial charge in [-0.25, -0.2) is 0 Å². The van der Waals surface area contributed by atoms with Gasteiger partial charge in [0.05, 0.1) is 5.57 Å². The van der Waals surface area contributed by atoms with Gasteiger partial charge in [0.1, 0.15) is 0 Å². The number of nitrogens with one attached hydrogen (secondary N) is 2. The van der Waals surface area contributed by atoms with Gasteiger partial charge in [0.25, 0.3) is 5.91 Å². The van der Waals surface area contributed by atoms with Crippen molar-refractivity contribution in [2.24, 2.45) is 0 Å². The Bertz CT molecular complexity index is 794. The number of aromatic amines is 1. The van der Waals surface area contributed by atoms with Crippen molar-refractivity contribution in [1.29, 1.82) is 0 Å². The first-order valence-corrected chi connectivity index (χ1v) is 6.96. The highest BCUT2D eigenvalue weighted by molar-refractivity contribution is 6.34. The Labute approximate surface area is 124 Å². The highest BCUT2D eigenvalue weighted by Gasteiger charge is 2.24. The van der Waals surface area contributed by atoms with Crippen LogP contribution in [0, 0.1) is 13.8 Å².